The van der Waals surface area contributed by atoms with Crippen LogP contribution in [0, 0.1) is 6.92 Å². The largest absolute Gasteiger partial charge is 0.465 e. The molecule has 0 spiro atoms. The number of hydrogen-bond donors (Lipinski definition) is 1. The fraction of sp³-hybridized carbons (Fsp3) is 0.125. The molecule has 0 amide bonds. The van der Waals surface area contributed by atoms with Crippen molar-refractivity contribution in [1.29, 1.82) is 0 Å². The summed E-state index contributed by atoms with van der Waals surface area (Å²) in [4.78, 5) is -0.0718. The predicted octanol–water partition coefficient (Wildman–Crippen LogP) is 3.38. The van der Waals surface area contributed by atoms with Crippen molar-refractivity contribution in [3.63, 3.8) is 0 Å². The van der Waals surface area contributed by atoms with Crippen molar-refractivity contribution in [2.45, 2.75) is 18.2 Å². The molecule has 4 nitrogen and oxygen atoms in total. The fourth-order valence-electron chi connectivity index (χ4n) is 1.92. The Labute approximate surface area is 124 Å². The molecule has 0 radical (unpaired) electrons. The average Bonchev–Trinajstić information content (AvgIpc) is 2.43. The predicted molar refractivity (Wildman–Crippen MR) is 80.9 cm³/mol. The third-order valence-electron chi connectivity index (χ3n) is 2.88. The van der Waals surface area contributed by atoms with Gasteiger partial charge >= 0.3 is 0 Å². The summed E-state index contributed by atoms with van der Waals surface area (Å²) in [6, 6.07) is 14.0. The molecule has 21 heavy (non-hydrogen) atoms. The third kappa shape index (κ3) is 4.44. The standard InChI is InChI=1S/C16H16O4S/c1-13-9-10-16(21(17,18)19)14(12-13)6-5-11-20-15-7-3-2-4-8-15/h2-5,7-12H,6H2,1H3,(H,17,18,19). The van der Waals surface area contributed by atoms with E-state index >= 15 is 0 Å². The van der Waals surface area contributed by atoms with Gasteiger partial charge in [-0.3, -0.25) is 4.55 Å². The van der Waals surface area contributed by atoms with Crippen LogP contribution in [0.2, 0.25) is 0 Å². The second kappa shape index (κ2) is 6.56. The van der Waals surface area contributed by atoms with Gasteiger partial charge in [-0.2, -0.15) is 8.42 Å². The lowest BCUT2D eigenvalue weighted by Gasteiger charge is -2.06. The molecular weight excluding hydrogens is 288 g/mol. The number of rotatable bonds is 5. The maximum atomic E-state index is 11.3. The highest BCUT2D eigenvalue weighted by molar-refractivity contribution is 7.85. The number of para-hydroxylation sites is 1. The molecule has 2 aromatic carbocycles. The zero-order chi connectivity index (χ0) is 15.3. The third-order valence-corrected chi connectivity index (χ3v) is 3.83. The van der Waals surface area contributed by atoms with Crippen LogP contribution in [0.4, 0.5) is 0 Å². The Hall–Kier alpha value is -2.11. The first-order valence-electron chi connectivity index (χ1n) is 6.40. The fourth-order valence-corrected chi connectivity index (χ4v) is 2.63. The second-order valence-electron chi connectivity index (χ2n) is 4.59. The van der Waals surface area contributed by atoms with Crippen LogP contribution >= 0.6 is 0 Å². The molecule has 2 rings (SSSR count). The summed E-state index contributed by atoms with van der Waals surface area (Å²) >= 11 is 0. The van der Waals surface area contributed by atoms with E-state index in [1.165, 1.54) is 12.3 Å². The molecule has 0 heterocycles. The van der Waals surface area contributed by atoms with Crippen molar-refractivity contribution < 1.29 is 17.7 Å². The lowest BCUT2D eigenvalue weighted by molar-refractivity contribution is 0.477. The maximum Gasteiger partial charge on any atom is 0.294 e. The molecule has 0 saturated carbocycles. The Morgan fingerprint density at radius 3 is 2.52 bits per heavy atom. The minimum Gasteiger partial charge on any atom is -0.465 e. The highest BCUT2D eigenvalue weighted by atomic mass is 32.2. The van der Waals surface area contributed by atoms with Crippen LogP contribution in [-0.2, 0) is 16.5 Å². The minimum atomic E-state index is -4.21. The number of ether oxygens (including phenoxy) is 1. The maximum absolute atomic E-state index is 11.3. The van der Waals surface area contributed by atoms with Crippen LogP contribution in [0.5, 0.6) is 5.75 Å². The number of aryl methyl sites for hydroxylation is 1. The smallest absolute Gasteiger partial charge is 0.294 e. The van der Waals surface area contributed by atoms with Gasteiger partial charge in [0.15, 0.2) is 0 Å². The van der Waals surface area contributed by atoms with Gasteiger partial charge in [0.25, 0.3) is 10.1 Å². The molecule has 2 aromatic rings. The van der Waals surface area contributed by atoms with Crippen molar-refractivity contribution >= 4 is 10.1 Å². The monoisotopic (exact) mass is 304 g/mol. The molecule has 0 aliphatic heterocycles. The van der Waals surface area contributed by atoms with Crippen LogP contribution in [-0.4, -0.2) is 13.0 Å². The van der Waals surface area contributed by atoms with Crippen molar-refractivity contribution in [3.05, 3.63) is 72.0 Å². The van der Waals surface area contributed by atoms with Crippen molar-refractivity contribution in [3.8, 4) is 5.75 Å². The van der Waals surface area contributed by atoms with Gasteiger partial charge in [-0.1, -0.05) is 35.9 Å². The normalized spacial score (nSPS) is 11.7. The molecular formula is C16H16O4S. The van der Waals surface area contributed by atoms with Gasteiger partial charge in [0.1, 0.15) is 5.75 Å². The van der Waals surface area contributed by atoms with Gasteiger partial charge in [-0.05, 0) is 43.2 Å². The van der Waals surface area contributed by atoms with Gasteiger partial charge in [0.2, 0.25) is 0 Å². The van der Waals surface area contributed by atoms with E-state index in [2.05, 4.69) is 0 Å². The van der Waals surface area contributed by atoms with E-state index in [0.29, 0.717) is 17.7 Å². The van der Waals surface area contributed by atoms with E-state index in [4.69, 9.17) is 4.74 Å². The first-order chi connectivity index (χ1) is 9.97. The zero-order valence-corrected chi connectivity index (χ0v) is 12.4. The van der Waals surface area contributed by atoms with Gasteiger partial charge in [-0.25, -0.2) is 0 Å². The summed E-state index contributed by atoms with van der Waals surface area (Å²) in [5, 5.41) is 0. The quantitative estimate of drug-likeness (QED) is 0.679. The topological polar surface area (TPSA) is 63.6 Å². The van der Waals surface area contributed by atoms with E-state index in [9.17, 15) is 13.0 Å². The Balaban J connectivity index is 2.11. The first-order valence-corrected chi connectivity index (χ1v) is 7.84. The van der Waals surface area contributed by atoms with Gasteiger partial charge in [-0.15, -0.1) is 0 Å². The van der Waals surface area contributed by atoms with E-state index in [0.717, 1.165) is 5.56 Å². The summed E-state index contributed by atoms with van der Waals surface area (Å²) in [7, 11) is -4.21. The van der Waals surface area contributed by atoms with Crippen molar-refractivity contribution in [1.82, 2.24) is 0 Å². The Bertz CT molecular complexity index is 734. The molecule has 0 saturated heterocycles. The highest BCUT2D eigenvalue weighted by Gasteiger charge is 2.14. The Morgan fingerprint density at radius 1 is 1.14 bits per heavy atom. The van der Waals surface area contributed by atoms with E-state index < -0.39 is 10.1 Å². The lowest BCUT2D eigenvalue weighted by atomic mass is 10.1. The molecule has 110 valence electrons. The minimum absolute atomic E-state index is 0.0718. The van der Waals surface area contributed by atoms with Gasteiger partial charge in [0, 0.05) is 0 Å². The number of benzene rings is 2. The molecule has 0 bridgehead atoms. The van der Waals surface area contributed by atoms with Gasteiger partial charge in [0.05, 0.1) is 11.2 Å². The van der Waals surface area contributed by atoms with E-state index in [-0.39, 0.29) is 4.90 Å². The van der Waals surface area contributed by atoms with Crippen LogP contribution in [0.1, 0.15) is 11.1 Å². The SMILES string of the molecule is Cc1ccc(S(=O)(=O)O)c(CC=COc2ccccc2)c1. The van der Waals surface area contributed by atoms with Crippen molar-refractivity contribution in [2.75, 3.05) is 0 Å². The molecule has 0 atom stereocenters. The molecule has 1 N–H and O–H groups in total. The lowest BCUT2D eigenvalue weighted by Crippen LogP contribution is -2.03. The summed E-state index contributed by atoms with van der Waals surface area (Å²) in [6.07, 6.45) is 3.56. The molecule has 0 fully saturated rings. The summed E-state index contributed by atoms with van der Waals surface area (Å²) in [6.45, 7) is 1.86. The number of hydrogen-bond acceptors (Lipinski definition) is 3. The molecule has 0 aromatic heterocycles. The molecule has 0 aliphatic carbocycles. The molecule has 0 unspecified atom stereocenters. The summed E-state index contributed by atoms with van der Waals surface area (Å²) < 4.78 is 37.2. The zero-order valence-electron chi connectivity index (χ0n) is 11.6. The average molecular weight is 304 g/mol. The summed E-state index contributed by atoms with van der Waals surface area (Å²) in [5.41, 5.74) is 1.46. The second-order valence-corrected chi connectivity index (χ2v) is 5.98. The Kier molecular flexibility index (Phi) is 4.77. The van der Waals surface area contributed by atoms with Gasteiger partial charge < -0.3 is 4.74 Å². The summed E-state index contributed by atoms with van der Waals surface area (Å²) in [5.74, 6) is 0.702. The molecule has 5 heteroatoms. The van der Waals surface area contributed by atoms with Crippen LogP contribution in [0.3, 0.4) is 0 Å². The van der Waals surface area contributed by atoms with Crippen LogP contribution in [0.25, 0.3) is 0 Å². The van der Waals surface area contributed by atoms with Crippen LogP contribution < -0.4 is 4.74 Å². The number of allylic oxidation sites excluding steroid dienone is 1. The molecule has 0 aliphatic rings. The Morgan fingerprint density at radius 2 is 1.86 bits per heavy atom. The van der Waals surface area contributed by atoms with Crippen molar-refractivity contribution in [2.24, 2.45) is 0 Å². The van der Waals surface area contributed by atoms with Crippen LogP contribution in [0.15, 0.2) is 65.8 Å². The van der Waals surface area contributed by atoms with E-state index in [1.54, 1.807) is 18.2 Å². The van der Waals surface area contributed by atoms with E-state index in [1.807, 2.05) is 37.3 Å². The highest BCUT2D eigenvalue weighted by Crippen LogP contribution is 2.18. The first kappa shape index (κ1) is 15.3.